The number of anilines is 2. The van der Waals surface area contributed by atoms with E-state index in [2.05, 4.69) is 35.9 Å². The number of carbonyl (C=O) groups excluding carboxylic acids is 5. The largest absolute Gasteiger partial charge is 0.508 e. The minimum absolute atomic E-state index is 0.0242. The standard InChI is InChI=1S/C48H74N14O10/c1-30(6-2-17-57-47(52)53)59-45(68)34(27-32-10-14-36(64)15-11-32)29-39(66)40-42(50)62-41(43(51)61-40)46(69)60-37(7-3-18-58-48(54)55)38(65)28-33(26-31-8-12-35(63)13-9-31)44(67)56-19-5-21-71-23-25-72-24-22-70-20-4-16-49/h8-15,30,33-34,37,63-64H,2-7,16-29,49H2,1H3,(H2,50,62)(H2,51,61)(H,56,67)(H,59,68)(H,60,69)(H4,52,53,57)(H4,54,55,58)/t30?,33?,34-,37+/m1/s1. The van der Waals surface area contributed by atoms with Crippen molar-refractivity contribution in [1.82, 2.24) is 25.9 Å². The van der Waals surface area contributed by atoms with Crippen LogP contribution < -0.4 is 56.1 Å². The zero-order chi connectivity index (χ0) is 52.8. The van der Waals surface area contributed by atoms with E-state index in [0.29, 0.717) is 83.1 Å². The van der Waals surface area contributed by atoms with E-state index in [1.54, 1.807) is 31.2 Å². The van der Waals surface area contributed by atoms with Crippen LogP contribution in [-0.2, 0) is 41.4 Å². The van der Waals surface area contributed by atoms with E-state index in [4.69, 9.17) is 54.3 Å². The minimum Gasteiger partial charge on any atom is -0.508 e. The molecule has 0 aliphatic carbocycles. The number of nitrogens with one attached hydrogen (secondary N) is 3. The van der Waals surface area contributed by atoms with Crippen molar-refractivity contribution in [2.45, 2.75) is 83.2 Å². The molecule has 2 unspecified atom stereocenters. The second-order valence-electron chi connectivity index (χ2n) is 17.1. The summed E-state index contributed by atoms with van der Waals surface area (Å²) in [5, 5.41) is 28.2. The highest BCUT2D eigenvalue weighted by Crippen LogP contribution is 2.23. The van der Waals surface area contributed by atoms with Gasteiger partial charge >= 0.3 is 0 Å². The number of rotatable bonds is 36. The van der Waals surface area contributed by atoms with Crippen LogP contribution in [-0.4, -0.2) is 139 Å². The van der Waals surface area contributed by atoms with Gasteiger partial charge in [0.15, 0.2) is 46.5 Å². The molecule has 0 aliphatic heterocycles. The summed E-state index contributed by atoms with van der Waals surface area (Å²) in [4.78, 5) is 85.5. The van der Waals surface area contributed by atoms with E-state index < -0.39 is 64.5 Å². The number of Topliss-reactive ketones (excluding diaryl/α,β-unsaturated/α-hetero) is 2. The van der Waals surface area contributed by atoms with Crippen molar-refractivity contribution in [3.8, 4) is 11.5 Å². The molecular weight excluding hydrogens is 933 g/mol. The Labute approximate surface area is 419 Å². The smallest absolute Gasteiger partial charge is 0.274 e. The average Bonchev–Trinajstić information content (AvgIpc) is 3.33. The number of nitrogens with two attached hydrogens (primary N) is 7. The van der Waals surface area contributed by atoms with Gasteiger partial charge in [0, 0.05) is 63.6 Å². The Morgan fingerprint density at radius 1 is 0.625 bits per heavy atom. The zero-order valence-corrected chi connectivity index (χ0v) is 41.1. The van der Waals surface area contributed by atoms with Crippen molar-refractivity contribution < 1.29 is 48.4 Å². The van der Waals surface area contributed by atoms with Gasteiger partial charge in [-0.2, -0.15) is 0 Å². The van der Waals surface area contributed by atoms with Gasteiger partial charge in [-0.25, -0.2) is 9.97 Å². The fraction of sp³-hybridized carbons (Fsp3) is 0.521. The van der Waals surface area contributed by atoms with Crippen LogP contribution in [0.25, 0.3) is 0 Å². The Kier molecular flexibility index (Phi) is 26.9. The molecule has 4 atom stereocenters. The summed E-state index contributed by atoms with van der Waals surface area (Å²) in [5.41, 5.74) is 40.3. The maximum absolute atomic E-state index is 14.2. The number of carbonyl (C=O) groups is 5. The van der Waals surface area contributed by atoms with Crippen LogP contribution in [0.1, 0.15) is 90.4 Å². The molecule has 3 rings (SSSR count). The number of ether oxygens (including phenoxy) is 3. The third-order valence-corrected chi connectivity index (χ3v) is 11.0. The van der Waals surface area contributed by atoms with Crippen LogP contribution >= 0.6 is 0 Å². The first-order valence-corrected chi connectivity index (χ1v) is 23.9. The highest BCUT2D eigenvalue weighted by atomic mass is 16.5. The van der Waals surface area contributed by atoms with Crippen molar-refractivity contribution in [3.63, 3.8) is 0 Å². The van der Waals surface area contributed by atoms with E-state index in [-0.39, 0.29) is 86.8 Å². The third-order valence-electron chi connectivity index (χ3n) is 11.0. The molecular formula is C48H74N14O10. The lowest BCUT2D eigenvalue weighted by Gasteiger charge is -2.22. The van der Waals surface area contributed by atoms with Crippen molar-refractivity contribution >= 4 is 52.8 Å². The minimum atomic E-state index is -1.20. The van der Waals surface area contributed by atoms with E-state index in [0.717, 1.165) is 6.42 Å². The van der Waals surface area contributed by atoms with Crippen LogP contribution in [0, 0.1) is 11.8 Å². The van der Waals surface area contributed by atoms with E-state index in [1.165, 1.54) is 24.3 Å². The summed E-state index contributed by atoms with van der Waals surface area (Å²) in [5.74, 6) is -5.88. The van der Waals surface area contributed by atoms with Gasteiger partial charge < -0.3 is 80.5 Å². The maximum atomic E-state index is 14.2. The fourth-order valence-electron chi connectivity index (χ4n) is 7.23. The van der Waals surface area contributed by atoms with Crippen LogP contribution in [0.2, 0.25) is 0 Å². The number of nitrogens with zero attached hydrogens (tertiary/aromatic N) is 4. The number of aromatic hydroxyl groups is 2. The summed E-state index contributed by atoms with van der Waals surface area (Å²) < 4.78 is 16.5. The third kappa shape index (κ3) is 23.2. The monoisotopic (exact) mass is 1010 g/mol. The molecule has 0 aliphatic rings. The number of amides is 3. The van der Waals surface area contributed by atoms with Gasteiger partial charge in [-0.1, -0.05) is 24.3 Å². The Morgan fingerprint density at radius 2 is 1.11 bits per heavy atom. The highest BCUT2D eigenvalue weighted by Gasteiger charge is 2.31. The molecule has 3 aromatic rings. The maximum Gasteiger partial charge on any atom is 0.274 e. The predicted octanol–water partition coefficient (Wildman–Crippen LogP) is -0.0828. The molecule has 0 radical (unpaired) electrons. The Balaban J connectivity index is 1.75. The molecule has 1 aromatic heterocycles. The Hall–Kier alpha value is -7.15. The molecule has 0 bridgehead atoms. The number of benzene rings is 2. The number of aromatic nitrogens is 2. The molecule has 72 heavy (non-hydrogen) atoms. The molecule has 396 valence electrons. The summed E-state index contributed by atoms with van der Waals surface area (Å²) in [6, 6.07) is 10.9. The Morgan fingerprint density at radius 3 is 1.65 bits per heavy atom. The van der Waals surface area contributed by atoms with Crippen molar-refractivity contribution in [2.75, 3.05) is 77.3 Å². The normalized spacial score (nSPS) is 12.7. The predicted molar refractivity (Wildman–Crippen MR) is 272 cm³/mol. The Bertz CT molecular complexity index is 2220. The molecule has 24 heteroatoms. The van der Waals surface area contributed by atoms with Crippen molar-refractivity contribution in [1.29, 1.82) is 0 Å². The number of phenolic OH excluding ortho intramolecular Hbond substituents is 2. The molecule has 0 spiro atoms. The molecule has 0 saturated heterocycles. The number of hydrogen-bond acceptors (Lipinski definition) is 17. The molecule has 0 fully saturated rings. The first-order chi connectivity index (χ1) is 34.5. The summed E-state index contributed by atoms with van der Waals surface area (Å²) in [7, 11) is 0. The summed E-state index contributed by atoms with van der Waals surface area (Å²) >= 11 is 0. The van der Waals surface area contributed by atoms with Gasteiger partial charge in [-0.3, -0.25) is 34.0 Å². The quantitative estimate of drug-likeness (QED) is 0.0157. The van der Waals surface area contributed by atoms with Crippen LogP contribution in [0.5, 0.6) is 11.5 Å². The lowest BCUT2D eigenvalue weighted by molar-refractivity contribution is -0.130. The molecule has 3 amide bonds. The van der Waals surface area contributed by atoms with Crippen LogP contribution in [0.3, 0.4) is 0 Å². The van der Waals surface area contributed by atoms with E-state index in [1.807, 2.05) is 0 Å². The summed E-state index contributed by atoms with van der Waals surface area (Å²) in [6.07, 6.45) is 2.21. The fourth-order valence-corrected chi connectivity index (χ4v) is 7.23. The number of guanidine groups is 2. The lowest BCUT2D eigenvalue weighted by Crippen LogP contribution is -2.44. The second-order valence-corrected chi connectivity index (χ2v) is 17.1. The second kappa shape index (κ2) is 32.7. The molecule has 24 nitrogen and oxygen atoms in total. The topological polar surface area (TPSA) is 422 Å². The lowest BCUT2D eigenvalue weighted by atomic mass is 9.90. The SMILES string of the molecule is CC(CCCN=C(N)N)NC(=O)[C@@H](CC(=O)c1nc(N)c(C(=O)N[C@@H](CCCN=C(N)N)C(=O)CC(Cc2ccc(O)cc2)C(=O)NCCCOCCOCCOCCCN)nc1N)Cc1ccc(O)cc1. The molecule has 0 saturated carbocycles. The first-order valence-electron chi connectivity index (χ1n) is 23.9. The summed E-state index contributed by atoms with van der Waals surface area (Å²) in [6.45, 7) is 5.65. The molecule has 19 N–H and O–H groups in total. The van der Waals surface area contributed by atoms with E-state index >= 15 is 0 Å². The van der Waals surface area contributed by atoms with Crippen LogP contribution in [0.15, 0.2) is 58.5 Å². The van der Waals surface area contributed by atoms with E-state index in [9.17, 15) is 34.2 Å². The van der Waals surface area contributed by atoms with Gasteiger partial charge in [0.2, 0.25) is 11.8 Å². The van der Waals surface area contributed by atoms with Gasteiger partial charge in [-0.05, 0) is 100 Å². The number of phenols is 2. The molecule has 1 heterocycles. The first kappa shape index (κ1) is 59.2. The number of nitrogen functional groups attached to an aromatic ring is 2. The number of ketones is 2. The number of hydrogen-bond donors (Lipinski definition) is 12. The van der Waals surface area contributed by atoms with Gasteiger partial charge in [-0.15, -0.1) is 0 Å². The highest BCUT2D eigenvalue weighted by molar-refractivity contribution is 6.04. The van der Waals surface area contributed by atoms with Gasteiger partial charge in [0.1, 0.15) is 11.5 Å². The van der Waals surface area contributed by atoms with Gasteiger partial charge in [0.25, 0.3) is 5.91 Å². The molecule has 2 aromatic carbocycles. The van der Waals surface area contributed by atoms with Crippen molar-refractivity contribution in [3.05, 3.63) is 71.0 Å². The average molecular weight is 1010 g/mol. The van der Waals surface area contributed by atoms with Crippen molar-refractivity contribution in [2.24, 2.45) is 50.5 Å². The number of aliphatic imine (C=N–C) groups is 2. The van der Waals surface area contributed by atoms with Crippen LogP contribution in [0.4, 0.5) is 11.6 Å². The zero-order valence-electron chi connectivity index (χ0n) is 41.1. The van der Waals surface area contributed by atoms with Gasteiger partial charge in [0.05, 0.1) is 32.5 Å².